The van der Waals surface area contributed by atoms with Crippen molar-refractivity contribution in [3.63, 3.8) is 0 Å². The highest BCUT2D eigenvalue weighted by Gasteiger charge is 2.19. The van der Waals surface area contributed by atoms with Gasteiger partial charge in [0.05, 0.1) is 12.0 Å². The molecule has 2 aromatic carbocycles. The predicted octanol–water partition coefficient (Wildman–Crippen LogP) is 3.90. The third-order valence-corrected chi connectivity index (χ3v) is 3.31. The zero-order chi connectivity index (χ0) is 14.4. The van der Waals surface area contributed by atoms with Crippen molar-refractivity contribution in [2.45, 2.75) is 12.2 Å². The standard InChI is InChI=1S/C17H18O2S/c1-2-16(18)14-10-6-7-11-15(14)17(19-12-20)13-8-4-3-5-9-13/h2-11,16-18,20H,1,12H2. The molecule has 2 rings (SSSR count). The topological polar surface area (TPSA) is 29.5 Å². The minimum absolute atomic E-state index is 0.250. The first-order chi connectivity index (χ1) is 9.77. The summed E-state index contributed by atoms with van der Waals surface area (Å²) in [5.41, 5.74) is 2.77. The monoisotopic (exact) mass is 286 g/mol. The molecule has 0 amide bonds. The summed E-state index contributed by atoms with van der Waals surface area (Å²) in [5, 5.41) is 10.1. The van der Waals surface area contributed by atoms with Crippen LogP contribution in [-0.4, -0.2) is 11.0 Å². The second-order valence-corrected chi connectivity index (χ2v) is 4.65. The Balaban J connectivity index is 2.47. The molecule has 104 valence electrons. The summed E-state index contributed by atoms with van der Waals surface area (Å²) in [4.78, 5) is 0. The maximum absolute atomic E-state index is 10.1. The Morgan fingerprint density at radius 1 is 1.05 bits per heavy atom. The smallest absolute Gasteiger partial charge is 0.109 e. The summed E-state index contributed by atoms with van der Waals surface area (Å²) in [6.07, 6.45) is 0.558. The van der Waals surface area contributed by atoms with Crippen LogP contribution in [0.15, 0.2) is 67.3 Å². The Bertz CT molecular complexity index is 554. The van der Waals surface area contributed by atoms with Gasteiger partial charge in [-0.1, -0.05) is 60.7 Å². The summed E-state index contributed by atoms with van der Waals surface area (Å²) in [5.74, 6) is 0.304. The fraction of sp³-hybridized carbons (Fsp3) is 0.176. The van der Waals surface area contributed by atoms with Crippen molar-refractivity contribution in [2.75, 3.05) is 5.94 Å². The van der Waals surface area contributed by atoms with Crippen molar-refractivity contribution in [1.82, 2.24) is 0 Å². The van der Waals surface area contributed by atoms with Gasteiger partial charge in [0.2, 0.25) is 0 Å². The van der Waals surface area contributed by atoms with Crippen LogP contribution in [0.5, 0.6) is 0 Å². The molecule has 0 saturated carbocycles. The van der Waals surface area contributed by atoms with Crippen LogP contribution in [-0.2, 0) is 4.74 Å². The van der Waals surface area contributed by atoms with Gasteiger partial charge in [-0.3, -0.25) is 0 Å². The molecule has 0 saturated heterocycles. The van der Waals surface area contributed by atoms with Gasteiger partial charge in [0.1, 0.15) is 6.10 Å². The molecule has 0 radical (unpaired) electrons. The summed E-state index contributed by atoms with van der Waals surface area (Å²) in [7, 11) is 0. The number of hydrogen-bond acceptors (Lipinski definition) is 3. The number of thiol groups is 1. The van der Waals surface area contributed by atoms with E-state index in [-0.39, 0.29) is 6.10 Å². The van der Waals surface area contributed by atoms with Crippen molar-refractivity contribution in [3.8, 4) is 0 Å². The maximum atomic E-state index is 10.1. The van der Waals surface area contributed by atoms with E-state index < -0.39 is 6.10 Å². The molecule has 0 spiro atoms. The first-order valence-corrected chi connectivity index (χ1v) is 7.08. The van der Waals surface area contributed by atoms with Crippen LogP contribution in [0.4, 0.5) is 0 Å². The average Bonchev–Trinajstić information content (AvgIpc) is 2.53. The molecule has 20 heavy (non-hydrogen) atoms. The molecule has 3 heteroatoms. The largest absolute Gasteiger partial charge is 0.384 e. The maximum Gasteiger partial charge on any atom is 0.109 e. The Hall–Kier alpha value is -1.55. The highest BCUT2D eigenvalue weighted by molar-refractivity contribution is 7.80. The molecule has 0 aliphatic rings. The van der Waals surface area contributed by atoms with Gasteiger partial charge >= 0.3 is 0 Å². The van der Waals surface area contributed by atoms with Gasteiger partial charge in [0.15, 0.2) is 0 Å². The van der Waals surface area contributed by atoms with Gasteiger partial charge in [-0.25, -0.2) is 0 Å². The van der Waals surface area contributed by atoms with E-state index in [0.29, 0.717) is 5.94 Å². The molecule has 0 bridgehead atoms. The Morgan fingerprint density at radius 3 is 2.25 bits per heavy atom. The SMILES string of the molecule is C=CC(O)c1ccccc1C(OCS)c1ccccc1. The molecule has 0 aliphatic carbocycles. The third-order valence-electron chi connectivity index (χ3n) is 3.16. The van der Waals surface area contributed by atoms with Crippen molar-refractivity contribution < 1.29 is 9.84 Å². The van der Waals surface area contributed by atoms with Crippen molar-refractivity contribution in [3.05, 3.63) is 83.9 Å². The second kappa shape index (κ2) is 7.29. The van der Waals surface area contributed by atoms with Crippen LogP contribution in [0.3, 0.4) is 0 Å². The van der Waals surface area contributed by atoms with Crippen LogP contribution in [0.25, 0.3) is 0 Å². The molecule has 2 nitrogen and oxygen atoms in total. The molecule has 0 aliphatic heterocycles. The van der Waals surface area contributed by atoms with E-state index in [2.05, 4.69) is 19.2 Å². The second-order valence-electron chi connectivity index (χ2n) is 4.40. The molecular formula is C17H18O2S. The molecular weight excluding hydrogens is 268 g/mol. The molecule has 0 heterocycles. The lowest BCUT2D eigenvalue weighted by molar-refractivity contribution is 0.119. The Labute approximate surface area is 125 Å². The summed E-state index contributed by atoms with van der Waals surface area (Å²) in [6, 6.07) is 17.6. The van der Waals surface area contributed by atoms with Gasteiger partial charge in [-0.15, -0.1) is 6.58 Å². The predicted molar refractivity (Wildman–Crippen MR) is 84.8 cm³/mol. The first-order valence-electron chi connectivity index (χ1n) is 6.44. The Kier molecular flexibility index (Phi) is 5.41. The quantitative estimate of drug-likeness (QED) is 0.479. The van der Waals surface area contributed by atoms with Gasteiger partial charge in [-0.2, -0.15) is 12.6 Å². The van der Waals surface area contributed by atoms with E-state index in [1.54, 1.807) is 0 Å². The summed E-state index contributed by atoms with van der Waals surface area (Å²) >= 11 is 4.16. The van der Waals surface area contributed by atoms with Gasteiger partial charge in [-0.05, 0) is 16.7 Å². The molecule has 2 atom stereocenters. The Morgan fingerprint density at radius 2 is 1.65 bits per heavy atom. The van der Waals surface area contributed by atoms with Crippen LogP contribution in [0.2, 0.25) is 0 Å². The van der Waals surface area contributed by atoms with Crippen molar-refractivity contribution in [1.29, 1.82) is 0 Å². The molecule has 1 N–H and O–H groups in total. The lowest BCUT2D eigenvalue weighted by Crippen LogP contribution is -2.10. The number of benzene rings is 2. The van der Waals surface area contributed by atoms with Crippen LogP contribution in [0, 0.1) is 0 Å². The summed E-state index contributed by atoms with van der Waals surface area (Å²) < 4.78 is 5.77. The van der Waals surface area contributed by atoms with Crippen molar-refractivity contribution >= 4 is 12.6 Å². The number of ether oxygens (including phenoxy) is 1. The summed E-state index contributed by atoms with van der Waals surface area (Å²) in [6.45, 7) is 3.65. The zero-order valence-electron chi connectivity index (χ0n) is 11.1. The van der Waals surface area contributed by atoms with E-state index >= 15 is 0 Å². The number of hydrogen-bond donors (Lipinski definition) is 2. The van der Waals surface area contributed by atoms with E-state index in [1.807, 2.05) is 54.6 Å². The van der Waals surface area contributed by atoms with Crippen molar-refractivity contribution in [2.24, 2.45) is 0 Å². The van der Waals surface area contributed by atoms with Crippen LogP contribution < -0.4 is 0 Å². The first kappa shape index (κ1) is 14.9. The molecule has 0 fully saturated rings. The van der Waals surface area contributed by atoms with E-state index in [1.165, 1.54) is 6.08 Å². The van der Waals surface area contributed by atoms with Crippen LogP contribution >= 0.6 is 12.6 Å². The van der Waals surface area contributed by atoms with Gasteiger partial charge in [0, 0.05) is 0 Å². The van der Waals surface area contributed by atoms with Gasteiger partial charge < -0.3 is 9.84 Å². The number of aliphatic hydroxyl groups is 1. The lowest BCUT2D eigenvalue weighted by Gasteiger charge is -2.22. The number of aliphatic hydroxyl groups excluding tert-OH is 1. The van der Waals surface area contributed by atoms with E-state index in [9.17, 15) is 5.11 Å². The van der Waals surface area contributed by atoms with Crippen LogP contribution in [0.1, 0.15) is 28.9 Å². The van der Waals surface area contributed by atoms with E-state index in [0.717, 1.165) is 16.7 Å². The normalized spacial score (nSPS) is 13.7. The fourth-order valence-electron chi connectivity index (χ4n) is 2.21. The molecule has 2 unspecified atom stereocenters. The van der Waals surface area contributed by atoms with E-state index in [4.69, 9.17) is 4.74 Å². The lowest BCUT2D eigenvalue weighted by atomic mass is 9.94. The highest BCUT2D eigenvalue weighted by Crippen LogP contribution is 2.32. The highest BCUT2D eigenvalue weighted by atomic mass is 32.1. The average molecular weight is 286 g/mol. The molecule has 2 aromatic rings. The minimum Gasteiger partial charge on any atom is -0.384 e. The fourth-order valence-corrected chi connectivity index (χ4v) is 2.36. The van der Waals surface area contributed by atoms with Gasteiger partial charge in [0.25, 0.3) is 0 Å². The molecule has 0 aromatic heterocycles. The zero-order valence-corrected chi connectivity index (χ0v) is 12.0. The minimum atomic E-state index is -0.707. The third kappa shape index (κ3) is 3.31. The number of rotatable bonds is 6.